The Bertz CT molecular complexity index is 1030. The summed E-state index contributed by atoms with van der Waals surface area (Å²) in [5.41, 5.74) is -0.174. The largest absolute Gasteiger partial charge is 0.460 e. The number of aryl methyl sites for hydroxylation is 1. The smallest absolute Gasteiger partial charge is 0.407 e. The maximum Gasteiger partial charge on any atom is 0.407 e. The van der Waals surface area contributed by atoms with Crippen molar-refractivity contribution in [3.8, 4) is 0 Å². The lowest BCUT2D eigenvalue weighted by atomic mass is 9.92. The molecule has 1 aliphatic heterocycles. The van der Waals surface area contributed by atoms with Gasteiger partial charge >= 0.3 is 12.1 Å². The van der Waals surface area contributed by atoms with Crippen molar-refractivity contribution in [2.75, 3.05) is 6.61 Å². The Morgan fingerprint density at radius 1 is 1.00 bits per heavy atom. The van der Waals surface area contributed by atoms with Gasteiger partial charge in [-0.25, -0.2) is 4.79 Å². The van der Waals surface area contributed by atoms with Gasteiger partial charge < -0.3 is 24.8 Å². The number of alkyl carbamates (subject to hydrolysis) is 1. The highest BCUT2D eigenvalue weighted by molar-refractivity contribution is 6.01. The maximum absolute atomic E-state index is 13.2. The molecule has 39 heavy (non-hydrogen) atoms. The minimum absolute atomic E-state index is 0.0735. The average molecular weight is 547 g/mol. The van der Waals surface area contributed by atoms with Crippen LogP contribution in [0.2, 0.25) is 0 Å². The predicted molar refractivity (Wildman–Crippen MR) is 149 cm³/mol. The summed E-state index contributed by atoms with van der Waals surface area (Å²) >= 11 is 0. The molecule has 3 atom stereocenters. The van der Waals surface area contributed by atoms with Gasteiger partial charge in [-0.2, -0.15) is 0 Å². The fourth-order valence-corrected chi connectivity index (χ4v) is 4.09. The minimum Gasteiger partial charge on any atom is -0.460 e. The molecule has 0 aliphatic carbocycles. The van der Waals surface area contributed by atoms with Gasteiger partial charge in [-0.15, -0.1) is 0 Å². The van der Waals surface area contributed by atoms with Gasteiger partial charge in [-0.05, 0) is 97.4 Å². The fraction of sp³-hybridized carbons (Fsp3) is 0.667. The summed E-state index contributed by atoms with van der Waals surface area (Å²) in [7, 11) is 0. The number of benzene rings is 1. The zero-order chi connectivity index (χ0) is 29.8. The van der Waals surface area contributed by atoms with Crippen LogP contribution < -0.4 is 10.6 Å². The van der Waals surface area contributed by atoms with E-state index in [0.717, 1.165) is 11.1 Å². The zero-order valence-corrected chi connectivity index (χ0v) is 25.2. The van der Waals surface area contributed by atoms with Crippen LogP contribution in [0.3, 0.4) is 0 Å². The van der Waals surface area contributed by atoms with Gasteiger partial charge in [0.1, 0.15) is 16.8 Å². The first-order valence-corrected chi connectivity index (χ1v) is 13.6. The third-order valence-corrected chi connectivity index (χ3v) is 6.06. The van der Waals surface area contributed by atoms with Crippen molar-refractivity contribution >= 4 is 23.8 Å². The summed E-state index contributed by atoms with van der Waals surface area (Å²) in [4.78, 5) is 51.4. The monoisotopic (exact) mass is 546 g/mol. The molecule has 1 saturated heterocycles. The number of esters is 1. The van der Waals surface area contributed by atoms with Crippen molar-refractivity contribution in [2.24, 2.45) is 5.92 Å². The highest BCUT2D eigenvalue weighted by atomic mass is 16.6. The number of epoxide rings is 1. The van der Waals surface area contributed by atoms with Crippen molar-refractivity contribution < 1.29 is 33.4 Å². The predicted octanol–water partition coefficient (Wildman–Crippen LogP) is 4.67. The minimum atomic E-state index is -0.840. The SMILES string of the molecule is Cc1ccc(C(=O)N[C@@H](CC(C)C)C(=O)[C@@]2(C)CO2)cc1C[C@@H](CC(=O)OC(C)(C)C)NC(=O)OC(C)(C)C. The van der Waals surface area contributed by atoms with E-state index in [2.05, 4.69) is 10.6 Å². The quantitative estimate of drug-likeness (QED) is 0.305. The van der Waals surface area contributed by atoms with Gasteiger partial charge in [0.2, 0.25) is 0 Å². The second kappa shape index (κ2) is 12.5. The molecule has 9 heteroatoms. The van der Waals surface area contributed by atoms with Crippen LogP contribution in [0.1, 0.15) is 96.6 Å². The number of hydrogen-bond donors (Lipinski definition) is 2. The maximum atomic E-state index is 13.2. The first-order chi connectivity index (χ1) is 17.8. The van der Waals surface area contributed by atoms with Gasteiger partial charge in [0.25, 0.3) is 5.91 Å². The average Bonchev–Trinajstić information content (AvgIpc) is 3.49. The molecule has 1 aromatic carbocycles. The summed E-state index contributed by atoms with van der Waals surface area (Å²) in [5.74, 6) is -0.761. The van der Waals surface area contributed by atoms with E-state index in [4.69, 9.17) is 14.2 Å². The van der Waals surface area contributed by atoms with Crippen molar-refractivity contribution in [3.05, 3.63) is 34.9 Å². The number of Topliss-reactive ketones (excluding diaryl/α,β-unsaturated/α-hetero) is 1. The van der Waals surface area contributed by atoms with E-state index in [-0.39, 0.29) is 30.4 Å². The van der Waals surface area contributed by atoms with Crippen molar-refractivity contribution in [1.29, 1.82) is 0 Å². The lowest BCUT2D eigenvalue weighted by Gasteiger charge is -2.25. The summed E-state index contributed by atoms with van der Waals surface area (Å²) < 4.78 is 16.2. The normalized spacial score (nSPS) is 18.6. The van der Waals surface area contributed by atoms with Gasteiger partial charge in [-0.1, -0.05) is 19.9 Å². The van der Waals surface area contributed by atoms with Crippen LogP contribution in [-0.4, -0.2) is 59.2 Å². The van der Waals surface area contributed by atoms with Crippen LogP contribution in [0.25, 0.3) is 0 Å². The first-order valence-electron chi connectivity index (χ1n) is 13.6. The molecule has 1 aromatic rings. The molecule has 218 valence electrons. The van der Waals surface area contributed by atoms with E-state index in [1.807, 2.05) is 26.8 Å². The number of ketones is 1. The van der Waals surface area contributed by atoms with Gasteiger partial charge in [0, 0.05) is 11.6 Å². The number of rotatable bonds is 11. The molecule has 0 bridgehead atoms. The number of amides is 2. The Labute approximate surface area is 232 Å². The fourth-order valence-electron chi connectivity index (χ4n) is 4.09. The summed E-state index contributed by atoms with van der Waals surface area (Å²) in [5, 5.41) is 5.68. The van der Waals surface area contributed by atoms with E-state index in [1.165, 1.54) is 0 Å². The number of nitrogens with one attached hydrogen (secondary N) is 2. The standard InChI is InChI=1S/C30H46N2O7/c1-18(2)13-23(25(34)30(10)17-37-30)32-26(35)20-12-11-19(3)21(14-20)15-22(16-24(33)38-28(4,5)6)31-27(36)39-29(7,8)9/h11-12,14,18,22-23H,13,15-17H2,1-10H3,(H,31,36)(H,32,35)/t22-,23-,30+/m0/s1. The van der Waals surface area contributed by atoms with E-state index >= 15 is 0 Å². The highest BCUT2D eigenvalue weighted by Gasteiger charge is 2.50. The lowest BCUT2D eigenvalue weighted by molar-refractivity contribution is -0.155. The Balaban J connectivity index is 2.25. The van der Waals surface area contributed by atoms with E-state index in [0.29, 0.717) is 18.6 Å². The molecule has 0 aromatic heterocycles. The third kappa shape index (κ3) is 11.0. The molecule has 0 spiro atoms. The Morgan fingerprint density at radius 2 is 1.59 bits per heavy atom. The van der Waals surface area contributed by atoms with E-state index in [9.17, 15) is 19.2 Å². The Kier molecular flexibility index (Phi) is 10.3. The number of hydrogen-bond acceptors (Lipinski definition) is 7. The highest BCUT2D eigenvalue weighted by Crippen LogP contribution is 2.30. The summed E-state index contributed by atoms with van der Waals surface area (Å²) in [6.45, 7) is 18.6. The molecular formula is C30H46N2O7. The third-order valence-electron chi connectivity index (χ3n) is 6.06. The molecule has 0 unspecified atom stereocenters. The number of carbonyl (C=O) groups excluding carboxylic acids is 4. The molecule has 2 N–H and O–H groups in total. The Morgan fingerprint density at radius 3 is 2.10 bits per heavy atom. The van der Waals surface area contributed by atoms with Crippen LogP contribution in [0.4, 0.5) is 4.79 Å². The van der Waals surface area contributed by atoms with Gasteiger partial charge in [-0.3, -0.25) is 14.4 Å². The molecule has 1 aliphatic rings. The van der Waals surface area contributed by atoms with Gasteiger partial charge in [0.05, 0.1) is 19.1 Å². The second-order valence-electron chi connectivity index (χ2n) is 13.0. The molecule has 0 saturated carbocycles. The molecule has 1 heterocycles. The van der Waals surface area contributed by atoms with Crippen LogP contribution in [0, 0.1) is 12.8 Å². The molecule has 2 rings (SSSR count). The number of carbonyl (C=O) groups is 4. The molecule has 2 amide bonds. The Hall–Kier alpha value is -2.94. The summed E-state index contributed by atoms with van der Waals surface area (Å²) in [6.07, 6.45) is 0.0511. The van der Waals surface area contributed by atoms with Crippen molar-refractivity contribution in [2.45, 2.75) is 117 Å². The number of ether oxygens (including phenoxy) is 3. The van der Waals surface area contributed by atoms with Crippen molar-refractivity contribution in [1.82, 2.24) is 10.6 Å². The summed E-state index contributed by atoms with van der Waals surface area (Å²) in [6, 6.07) is 3.95. The topological polar surface area (TPSA) is 123 Å². The van der Waals surface area contributed by atoms with Crippen LogP contribution >= 0.6 is 0 Å². The van der Waals surface area contributed by atoms with E-state index in [1.54, 1.807) is 60.6 Å². The van der Waals surface area contributed by atoms with Gasteiger partial charge in [0.15, 0.2) is 5.78 Å². The van der Waals surface area contributed by atoms with Crippen LogP contribution in [-0.2, 0) is 30.2 Å². The first kappa shape index (κ1) is 32.3. The lowest BCUT2D eigenvalue weighted by Crippen LogP contribution is -2.46. The second-order valence-corrected chi connectivity index (χ2v) is 13.0. The molecule has 9 nitrogen and oxygen atoms in total. The molecule has 1 fully saturated rings. The van der Waals surface area contributed by atoms with Crippen LogP contribution in [0.15, 0.2) is 18.2 Å². The van der Waals surface area contributed by atoms with E-state index < -0.39 is 40.9 Å². The molecule has 0 radical (unpaired) electrons. The van der Waals surface area contributed by atoms with Crippen molar-refractivity contribution in [3.63, 3.8) is 0 Å². The van der Waals surface area contributed by atoms with Crippen LogP contribution in [0.5, 0.6) is 0 Å². The zero-order valence-electron chi connectivity index (χ0n) is 25.2. The molecular weight excluding hydrogens is 500 g/mol.